The van der Waals surface area contributed by atoms with Crippen molar-refractivity contribution in [1.82, 2.24) is 15.5 Å². The molecule has 0 bridgehead atoms. The van der Waals surface area contributed by atoms with Gasteiger partial charge in [0.15, 0.2) is 5.96 Å². The van der Waals surface area contributed by atoms with Crippen LogP contribution < -0.4 is 10.6 Å². The maximum Gasteiger partial charge on any atom is 0.191 e. The molecule has 0 aliphatic carbocycles. The summed E-state index contributed by atoms with van der Waals surface area (Å²) < 4.78 is 16.2. The molecule has 0 aromatic rings. The molecule has 1 fully saturated rings. The lowest BCUT2D eigenvalue weighted by Gasteiger charge is -2.21. The van der Waals surface area contributed by atoms with Gasteiger partial charge in [-0.2, -0.15) is 0 Å². The average Bonchev–Trinajstić information content (AvgIpc) is 2.63. The molecule has 0 radical (unpaired) electrons. The Hall–Kier alpha value is -0.890. The Kier molecular flexibility index (Phi) is 13.6. The fraction of sp³-hybridized carbons (Fsp3) is 0.944. The summed E-state index contributed by atoms with van der Waals surface area (Å²) in [6.45, 7) is 10.7. The van der Waals surface area contributed by atoms with Gasteiger partial charge in [0.05, 0.1) is 6.61 Å². The van der Waals surface area contributed by atoms with E-state index in [-0.39, 0.29) is 0 Å². The van der Waals surface area contributed by atoms with Crippen molar-refractivity contribution in [3.63, 3.8) is 0 Å². The minimum absolute atomic E-state index is 0.673. The summed E-state index contributed by atoms with van der Waals surface area (Å²) in [5, 5.41) is 6.66. The number of likely N-dealkylation sites (N-methyl/N-ethyl adjacent to an activating group) is 1. The van der Waals surface area contributed by atoms with E-state index in [0.717, 1.165) is 91.0 Å². The van der Waals surface area contributed by atoms with Gasteiger partial charge in [0, 0.05) is 66.3 Å². The van der Waals surface area contributed by atoms with Gasteiger partial charge in [-0.1, -0.05) is 0 Å². The first-order chi connectivity index (χ1) is 12.3. The Morgan fingerprint density at radius 1 is 1.20 bits per heavy atom. The minimum atomic E-state index is 0.673. The number of aliphatic imine (C=N–C) groups is 1. The van der Waals surface area contributed by atoms with Gasteiger partial charge in [0.25, 0.3) is 0 Å². The van der Waals surface area contributed by atoms with Gasteiger partial charge in [0.2, 0.25) is 0 Å². The molecule has 2 N–H and O–H groups in total. The number of ether oxygens (including phenoxy) is 3. The number of methoxy groups -OCH3 is 1. The predicted molar refractivity (Wildman–Crippen MR) is 102 cm³/mol. The van der Waals surface area contributed by atoms with Gasteiger partial charge in [-0.25, -0.2) is 0 Å². The first kappa shape index (κ1) is 22.2. The van der Waals surface area contributed by atoms with Crippen molar-refractivity contribution in [2.45, 2.75) is 26.2 Å². The molecule has 0 unspecified atom stereocenters. The van der Waals surface area contributed by atoms with Gasteiger partial charge in [0.1, 0.15) is 0 Å². The lowest BCUT2D eigenvalue weighted by Crippen LogP contribution is -2.41. The van der Waals surface area contributed by atoms with Gasteiger partial charge in [-0.15, -0.1) is 0 Å². The predicted octanol–water partition coefficient (Wildman–Crippen LogP) is 0.953. The first-order valence-electron chi connectivity index (χ1n) is 9.61. The topological polar surface area (TPSA) is 67.4 Å². The summed E-state index contributed by atoms with van der Waals surface area (Å²) in [6, 6.07) is 0. The molecule has 0 saturated carbocycles. The quantitative estimate of drug-likeness (QED) is 0.290. The summed E-state index contributed by atoms with van der Waals surface area (Å²) in [7, 11) is 3.83. The lowest BCUT2D eigenvalue weighted by atomic mass is 10.0. The largest absolute Gasteiger partial charge is 0.383 e. The van der Waals surface area contributed by atoms with Gasteiger partial charge in [-0.3, -0.25) is 4.99 Å². The van der Waals surface area contributed by atoms with Crippen LogP contribution in [0.3, 0.4) is 0 Å². The molecule has 25 heavy (non-hydrogen) atoms. The molecule has 0 amide bonds. The monoisotopic (exact) mass is 358 g/mol. The maximum absolute atomic E-state index is 5.78. The highest BCUT2D eigenvalue weighted by atomic mass is 16.5. The van der Waals surface area contributed by atoms with E-state index in [9.17, 15) is 0 Å². The fourth-order valence-corrected chi connectivity index (χ4v) is 2.59. The van der Waals surface area contributed by atoms with Crippen molar-refractivity contribution in [3.8, 4) is 0 Å². The number of nitrogens with one attached hydrogen (secondary N) is 2. The van der Waals surface area contributed by atoms with Crippen molar-refractivity contribution in [2.24, 2.45) is 10.9 Å². The van der Waals surface area contributed by atoms with Gasteiger partial charge >= 0.3 is 0 Å². The van der Waals surface area contributed by atoms with E-state index in [0.29, 0.717) is 5.92 Å². The van der Waals surface area contributed by atoms with Crippen LogP contribution in [0.25, 0.3) is 0 Å². The van der Waals surface area contributed by atoms with Gasteiger partial charge in [-0.05, 0) is 39.2 Å². The van der Waals surface area contributed by atoms with Crippen LogP contribution in [-0.2, 0) is 14.2 Å². The highest BCUT2D eigenvalue weighted by molar-refractivity contribution is 5.79. The molecule has 1 rings (SSSR count). The Balaban J connectivity index is 2.08. The molecular formula is C18H38N4O3. The summed E-state index contributed by atoms with van der Waals surface area (Å²) in [6.07, 6.45) is 3.21. The fourth-order valence-electron chi connectivity index (χ4n) is 2.59. The van der Waals surface area contributed by atoms with Crippen LogP contribution in [0.5, 0.6) is 0 Å². The van der Waals surface area contributed by atoms with Crippen LogP contribution in [0, 0.1) is 5.92 Å². The Morgan fingerprint density at radius 3 is 2.72 bits per heavy atom. The maximum atomic E-state index is 5.78. The number of hydrogen-bond acceptors (Lipinski definition) is 5. The number of guanidine groups is 1. The van der Waals surface area contributed by atoms with E-state index < -0.39 is 0 Å². The number of hydrogen-bond donors (Lipinski definition) is 2. The average molecular weight is 359 g/mol. The third-order valence-corrected chi connectivity index (χ3v) is 4.22. The zero-order chi connectivity index (χ0) is 18.2. The van der Waals surface area contributed by atoms with Crippen LogP contribution in [0.1, 0.15) is 26.2 Å². The molecule has 0 atom stereocenters. The molecule has 0 spiro atoms. The Labute approximate surface area is 153 Å². The van der Waals surface area contributed by atoms with Crippen LogP contribution in [0.4, 0.5) is 0 Å². The highest BCUT2D eigenvalue weighted by Crippen LogP contribution is 2.14. The van der Waals surface area contributed by atoms with Crippen molar-refractivity contribution in [2.75, 3.05) is 79.9 Å². The summed E-state index contributed by atoms with van der Waals surface area (Å²) >= 11 is 0. The molecule has 0 aromatic heterocycles. The molecule has 1 aliphatic heterocycles. The Morgan fingerprint density at radius 2 is 2.00 bits per heavy atom. The van der Waals surface area contributed by atoms with Crippen molar-refractivity contribution in [1.29, 1.82) is 0 Å². The minimum Gasteiger partial charge on any atom is -0.383 e. The van der Waals surface area contributed by atoms with E-state index in [1.54, 1.807) is 7.11 Å². The van der Waals surface area contributed by atoms with Crippen molar-refractivity contribution >= 4 is 5.96 Å². The molecule has 1 aliphatic rings. The van der Waals surface area contributed by atoms with Crippen LogP contribution in [0.15, 0.2) is 4.99 Å². The van der Waals surface area contributed by atoms with Crippen LogP contribution in [0.2, 0.25) is 0 Å². The van der Waals surface area contributed by atoms with Crippen LogP contribution >= 0.6 is 0 Å². The summed E-state index contributed by atoms with van der Waals surface area (Å²) in [4.78, 5) is 6.85. The van der Waals surface area contributed by atoms with Crippen molar-refractivity contribution in [3.05, 3.63) is 0 Å². The molecular weight excluding hydrogens is 320 g/mol. The zero-order valence-corrected chi connectivity index (χ0v) is 16.4. The molecule has 148 valence electrons. The highest BCUT2D eigenvalue weighted by Gasteiger charge is 2.13. The molecule has 1 saturated heterocycles. The lowest BCUT2D eigenvalue weighted by molar-refractivity contribution is 0.0205. The van der Waals surface area contributed by atoms with E-state index >= 15 is 0 Å². The zero-order valence-electron chi connectivity index (χ0n) is 16.4. The normalized spacial score (nSPS) is 16.4. The van der Waals surface area contributed by atoms with Gasteiger partial charge < -0.3 is 29.7 Å². The number of nitrogens with zero attached hydrogens (tertiary/aromatic N) is 2. The molecule has 1 heterocycles. The first-order valence-corrected chi connectivity index (χ1v) is 9.61. The molecule has 0 aromatic carbocycles. The van der Waals surface area contributed by atoms with E-state index in [4.69, 9.17) is 14.2 Å². The summed E-state index contributed by atoms with van der Waals surface area (Å²) in [5.74, 6) is 1.55. The van der Waals surface area contributed by atoms with E-state index in [1.165, 1.54) is 0 Å². The van der Waals surface area contributed by atoms with Crippen molar-refractivity contribution < 1.29 is 14.2 Å². The third-order valence-electron chi connectivity index (χ3n) is 4.22. The SMILES string of the molecule is CCNC(=NCCCOCC1CCOCC1)NCCN(C)CCOC. The number of rotatable bonds is 13. The Bertz CT molecular complexity index is 336. The standard InChI is InChI=1S/C18H38N4O3/c1-4-19-18(21-9-10-22(2)11-15-23-3)20-8-5-12-25-16-17-6-13-24-14-7-17/h17H,4-16H2,1-3H3,(H2,19,20,21). The second kappa shape index (κ2) is 15.4. The molecule has 7 nitrogen and oxygen atoms in total. The second-order valence-electron chi connectivity index (χ2n) is 6.47. The van der Waals surface area contributed by atoms with Crippen LogP contribution in [-0.4, -0.2) is 90.8 Å². The van der Waals surface area contributed by atoms with E-state index in [1.807, 2.05) is 0 Å². The second-order valence-corrected chi connectivity index (χ2v) is 6.47. The summed E-state index contributed by atoms with van der Waals surface area (Å²) in [5.41, 5.74) is 0. The third kappa shape index (κ3) is 12.2. The molecule has 7 heteroatoms. The van der Waals surface area contributed by atoms with E-state index in [2.05, 4.69) is 34.5 Å². The smallest absolute Gasteiger partial charge is 0.191 e.